The predicted octanol–water partition coefficient (Wildman–Crippen LogP) is 1.68. The molecule has 0 aliphatic carbocycles. The molecule has 72 valence electrons. The second-order valence-corrected chi connectivity index (χ2v) is 3.53. The van der Waals surface area contributed by atoms with Gasteiger partial charge in [-0.1, -0.05) is 22.0 Å². The van der Waals surface area contributed by atoms with Crippen LogP contribution in [0.5, 0.6) is 5.75 Å². The van der Waals surface area contributed by atoms with Crippen molar-refractivity contribution in [3.8, 4) is 5.75 Å². The standard InChI is InChI=1S/C9H13BrN2O/c10-8-3-1-4-9(7-8)13-6-2-5-12-11/h1,3-4,7,12H,2,5-6,11H2. The molecule has 0 saturated heterocycles. The number of hydrazine groups is 1. The van der Waals surface area contributed by atoms with Crippen molar-refractivity contribution >= 4 is 15.9 Å². The monoisotopic (exact) mass is 244 g/mol. The van der Waals surface area contributed by atoms with Gasteiger partial charge in [0.2, 0.25) is 0 Å². The van der Waals surface area contributed by atoms with Crippen LogP contribution in [0.2, 0.25) is 0 Å². The summed E-state index contributed by atoms with van der Waals surface area (Å²) in [5.74, 6) is 6.00. The summed E-state index contributed by atoms with van der Waals surface area (Å²) in [4.78, 5) is 0. The van der Waals surface area contributed by atoms with Crippen LogP contribution in [0.3, 0.4) is 0 Å². The van der Waals surface area contributed by atoms with Crippen LogP contribution in [0, 0.1) is 0 Å². The minimum atomic E-state index is 0.681. The summed E-state index contributed by atoms with van der Waals surface area (Å²) < 4.78 is 6.49. The van der Waals surface area contributed by atoms with Crippen LogP contribution in [-0.2, 0) is 0 Å². The van der Waals surface area contributed by atoms with Gasteiger partial charge in [0.05, 0.1) is 6.61 Å². The largest absolute Gasteiger partial charge is 0.494 e. The Kier molecular flexibility index (Phi) is 4.82. The fourth-order valence-electron chi connectivity index (χ4n) is 0.921. The Balaban J connectivity index is 2.28. The van der Waals surface area contributed by atoms with E-state index >= 15 is 0 Å². The van der Waals surface area contributed by atoms with Crippen LogP contribution in [0.15, 0.2) is 28.7 Å². The highest BCUT2D eigenvalue weighted by molar-refractivity contribution is 9.10. The molecule has 0 heterocycles. The fraction of sp³-hybridized carbons (Fsp3) is 0.333. The summed E-state index contributed by atoms with van der Waals surface area (Å²) in [5, 5.41) is 0. The highest BCUT2D eigenvalue weighted by atomic mass is 79.9. The number of nitrogens with one attached hydrogen (secondary N) is 1. The minimum absolute atomic E-state index is 0.681. The Morgan fingerprint density at radius 1 is 1.46 bits per heavy atom. The molecule has 1 aromatic carbocycles. The van der Waals surface area contributed by atoms with E-state index in [4.69, 9.17) is 10.6 Å². The summed E-state index contributed by atoms with van der Waals surface area (Å²) in [6, 6.07) is 7.78. The van der Waals surface area contributed by atoms with Gasteiger partial charge < -0.3 is 4.74 Å². The molecular weight excluding hydrogens is 232 g/mol. The van der Waals surface area contributed by atoms with Crippen LogP contribution < -0.4 is 16.0 Å². The number of benzene rings is 1. The molecule has 3 N–H and O–H groups in total. The van der Waals surface area contributed by atoms with E-state index in [9.17, 15) is 0 Å². The molecule has 0 amide bonds. The van der Waals surface area contributed by atoms with Crippen molar-refractivity contribution in [1.29, 1.82) is 0 Å². The molecule has 0 aliphatic rings. The van der Waals surface area contributed by atoms with Gasteiger partial charge in [-0.05, 0) is 24.6 Å². The summed E-state index contributed by atoms with van der Waals surface area (Å²) in [7, 11) is 0. The minimum Gasteiger partial charge on any atom is -0.494 e. The number of ether oxygens (including phenoxy) is 1. The first kappa shape index (κ1) is 10.5. The molecule has 0 bridgehead atoms. The smallest absolute Gasteiger partial charge is 0.120 e. The highest BCUT2D eigenvalue weighted by Gasteiger charge is 1.93. The van der Waals surface area contributed by atoms with E-state index in [1.54, 1.807) is 0 Å². The van der Waals surface area contributed by atoms with Crippen LogP contribution in [0.25, 0.3) is 0 Å². The molecule has 0 aromatic heterocycles. The molecule has 3 nitrogen and oxygen atoms in total. The van der Waals surface area contributed by atoms with Gasteiger partial charge in [0, 0.05) is 11.0 Å². The molecular formula is C9H13BrN2O. The van der Waals surface area contributed by atoms with Crippen molar-refractivity contribution in [2.24, 2.45) is 5.84 Å². The van der Waals surface area contributed by atoms with E-state index in [-0.39, 0.29) is 0 Å². The molecule has 0 spiro atoms. The Hall–Kier alpha value is -0.580. The van der Waals surface area contributed by atoms with Crippen molar-refractivity contribution in [3.63, 3.8) is 0 Å². The Morgan fingerprint density at radius 2 is 2.31 bits per heavy atom. The van der Waals surface area contributed by atoms with Crippen LogP contribution in [0.1, 0.15) is 6.42 Å². The first-order chi connectivity index (χ1) is 6.33. The number of halogens is 1. The van der Waals surface area contributed by atoms with E-state index in [0.717, 1.165) is 23.2 Å². The van der Waals surface area contributed by atoms with Gasteiger partial charge >= 0.3 is 0 Å². The maximum Gasteiger partial charge on any atom is 0.120 e. The maximum absolute atomic E-state index is 5.46. The van der Waals surface area contributed by atoms with Crippen molar-refractivity contribution in [2.75, 3.05) is 13.2 Å². The van der Waals surface area contributed by atoms with Gasteiger partial charge in [-0.15, -0.1) is 0 Å². The second kappa shape index (κ2) is 5.96. The second-order valence-electron chi connectivity index (χ2n) is 2.61. The van der Waals surface area contributed by atoms with Crippen LogP contribution >= 0.6 is 15.9 Å². The van der Waals surface area contributed by atoms with E-state index < -0.39 is 0 Å². The Labute approximate surface area is 86.4 Å². The molecule has 1 rings (SSSR count). The SMILES string of the molecule is NNCCCOc1cccc(Br)c1. The number of hydrogen-bond donors (Lipinski definition) is 2. The van der Waals surface area contributed by atoms with Gasteiger partial charge in [-0.3, -0.25) is 11.3 Å². The van der Waals surface area contributed by atoms with Crippen molar-refractivity contribution in [2.45, 2.75) is 6.42 Å². The topological polar surface area (TPSA) is 47.3 Å². The quantitative estimate of drug-likeness (QED) is 0.471. The number of hydrogen-bond acceptors (Lipinski definition) is 3. The molecule has 0 fully saturated rings. The summed E-state index contributed by atoms with van der Waals surface area (Å²) in [6.07, 6.45) is 0.906. The third-order valence-electron chi connectivity index (χ3n) is 1.53. The predicted molar refractivity (Wildman–Crippen MR) is 56.4 cm³/mol. The fourth-order valence-corrected chi connectivity index (χ4v) is 1.30. The first-order valence-corrected chi connectivity index (χ1v) is 4.94. The first-order valence-electron chi connectivity index (χ1n) is 4.15. The lowest BCUT2D eigenvalue weighted by atomic mass is 10.3. The van der Waals surface area contributed by atoms with E-state index in [2.05, 4.69) is 21.4 Å². The maximum atomic E-state index is 5.46. The number of rotatable bonds is 5. The summed E-state index contributed by atoms with van der Waals surface area (Å²) >= 11 is 3.37. The average Bonchev–Trinajstić information content (AvgIpc) is 2.13. The van der Waals surface area contributed by atoms with Gasteiger partial charge in [0.1, 0.15) is 5.75 Å². The molecule has 0 aliphatic heterocycles. The van der Waals surface area contributed by atoms with Gasteiger partial charge in [-0.2, -0.15) is 0 Å². The molecule has 0 atom stereocenters. The zero-order valence-corrected chi connectivity index (χ0v) is 8.88. The van der Waals surface area contributed by atoms with Crippen molar-refractivity contribution in [3.05, 3.63) is 28.7 Å². The van der Waals surface area contributed by atoms with E-state index in [1.807, 2.05) is 24.3 Å². The van der Waals surface area contributed by atoms with E-state index in [1.165, 1.54) is 0 Å². The van der Waals surface area contributed by atoms with Gasteiger partial charge in [0.25, 0.3) is 0 Å². The summed E-state index contributed by atoms with van der Waals surface area (Å²) in [6.45, 7) is 1.45. The Bertz CT molecular complexity index is 255. The van der Waals surface area contributed by atoms with Crippen LogP contribution in [0.4, 0.5) is 0 Å². The zero-order valence-electron chi connectivity index (χ0n) is 7.29. The average molecular weight is 245 g/mol. The highest BCUT2D eigenvalue weighted by Crippen LogP contribution is 2.17. The van der Waals surface area contributed by atoms with Crippen molar-refractivity contribution < 1.29 is 4.74 Å². The van der Waals surface area contributed by atoms with Crippen LogP contribution in [-0.4, -0.2) is 13.2 Å². The molecule has 0 radical (unpaired) electrons. The number of nitrogens with two attached hydrogens (primary N) is 1. The molecule has 4 heteroatoms. The molecule has 0 saturated carbocycles. The normalized spacial score (nSPS) is 10.0. The lowest BCUT2D eigenvalue weighted by molar-refractivity contribution is 0.308. The van der Waals surface area contributed by atoms with E-state index in [0.29, 0.717) is 6.61 Å². The third kappa shape index (κ3) is 4.26. The Morgan fingerprint density at radius 3 is 3.00 bits per heavy atom. The van der Waals surface area contributed by atoms with Gasteiger partial charge in [0.15, 0.2) is 0 Å². The lowest BCUT2D eigenvalue weighted by Crippen LogP contribution is -2.24. The zero-order chi connectivity index (χ0) is 9.52. The molecule has 1 aromatic rings. The molecule has 0 unspecified atom stereocenters. The summed E-state index contributed by atoms with van der Waals surface area (Å²) in [5.41, 5.74) is 2.58. The molecule has 13 heavy (non-hydrogen) atoms. The van der Waals surface area contributed by atoms with Gasteiger partial charge in [-0.25, -0.2) is 0 Å². The lowest BCUT2D eigenvalue weighted by Gasteiger charge is -2.05. The third-order valence-corrected chi connectivity index (χ3v) is 2.02. The van der Waals surface area contributed by atoms with Crippen molar-refractivity contribution in [1.82, 2.24) is 5.43 Å².